The van der Waals surface area contributed by atoms with E-state index in [9.17, 15) is 19.1 Å². The fourth-order valence-corrected chi connectivity index (χ4v) is 7.46. The van der Waals surface area contributed by atoms with Crippen molar-refractivity contribution in [3.05, 3.63) is 251 Å². The minimum Gasteiger partial charge on any atom is -0.467 e. The Morgan fingerprint density at radius 2 is 0.891 bits per heavy atom. The molecule has 7 aromatic carbocycles. The average molecular weight is 858 g/mol. The Labute approximate surface area is 372 Å². The van der Waals surface area contributed by atoms with Crippen LogP contribution in [-0.4, -0.2) is 56.7 Å². The van der Waals surface area contributed by atoms with Crippen molar-refractivity contribution in [3.8, 4) is 6.07 Å². The molecule has 0 bridgehead atoms. The molecule has 0 aromatic heterocycles. The second-order valence-electron chi connectivity index (χ2n) is 14.5. The van der Waals surface area contributed by atoms with Crippen LogP contribution in [0, 0.1) is 17.1 Å². The number of halogens is 1. The standard InChI is InChI=1S/C31H26FNO4.C23H22O4/c1-35-30(34)29(36-21-24-17-23(20-33)18-28(32)19-24)22-37-31(25-11-5-2-6-12-25,26-13-7-3-8-14-26)27-15-9-4-10-16-27;1-26-22(25)21(24)17-27-23(18-11-5-2-6-12-18,19-13-7-3-8-14-19)20-15-9-4-10-16-20/h2-19,29H,21-22H2,1H3;2-16,21,24H,17H2,1H3/t29-;21-/m00/s1. The van der Waals surface area contributed by atoms with Crippen molar-refractivity contribution < 1.29 is 42.8 Å². The topological polar surface area (TPSA) is 124 Å². The van der Waals surface area contributed by atoms with Crippen LogP contribution >= 0.6 is 0 Å². The fraction of sp³-hybridized carbons (Fsp3) is 0.167. The lowest BCUT2D eigenvalue weighted by Crippen LogP contribution is -2.39. The Balaban J connectivity index is 0.000000223. The van der Waals surface area contributed by atoms with E-state index in [1.54, 1.807) is 0 Å². The van der Waals surface area contributed by atoms with Gasteiger partial charge in [-0.25, -0.2) is 14.0 Å². The minimum absolute atomic E-state index is 0.107. The lowest BCUT2D eigenvalue weighted by molar-refractivity contribution is -0.162. The van der Waals surface area contributed by atoms with Crippen molar-refractivity contribution in [2.75, 3.05) is 27.4 Å². The van der Waals surface area contributed by atoms with Crippen LogP contribution in [0.3, 0.4) is 0 Å². The zero-order chi connectivity index (χ0) is 45.2. The molecule has 1 N–H and O–H groups in total. The molecule has 0 aliphatic rings. The van der Waals surface area contributed by atoms with E-state index in [0.717, 1.165) is 39.4 Å². The van der Waals surface area contributed by atoms with Crippen LogP contribution in [0.4, 0.5) is 4.39 Å². The van der Waals surface area contributed by atoms with Crippen molar-refractivity contribution >= 4 is 11.9 Å². The zero-order valence-corrected chi connectivity index (χ0v) is 35.5. The average Bonchev–Trinajstić information content (AvgIpc) is 3.36. The van der Waals surface area contributed by atoms with Crippen LogP contribution in [0.1, 0.15) is 44.5 Å². The van der Waals surface area contributed by atoms with E-state index in [1.807, 2.05) is 188 Å². The summed E-state index contributed by atoms with van der Waals surface area (Å²) in [6, 6.07) is 64.4. The van der Waals surface area contributed by atoms with Crippen molar-refractivity contribution in [2.24, 2.45) is 0 Å². The van der Waals surface area contributed by atoms with Crippen LogP contribution in [-0.2, 0) is 51.1 Å². The van der Waals surface area contributed by atoms with Crippen molar-refractivity contribution in [3.63, 3.8) is 0 Å². The SMILES string of the molecule is COC(=O)[C@@H](O)COC(c1ccccc1)(c1ccccc1)c1ccccc1.COC(=O)[C@H](COC(c1ccccc1)(c1ccccc1)c1ccccc1)OCc1cc(F)cc(C#N)c1. The van der Waals surface area contributed by atoms with Gasteiger partial charge in [-0.15, -0.1) is 0 Å². The monoisotopic (exact) mass is 857 g/mol. The number of methoxy groups -OCH3 is 2. The molecule has 7 aromatic rings. The van der Waals surface area contributed by atoms with Gasteiger partial charge in [-0.3, -0.25) is 0 Å². The summed E-state index contributed by atoms with van der Waals surface area (Å²) < 4.78 is 42.4. The number of ether oxygens (including phenoxy) is 5. The summed E-state index contributed by atoms with van der Waals surface area (Å²) in [7, 11) is 2.51. The smallest absolute Gasteiger partial charge is 0.337 e. The number of rotatable bonds is 17. The summed E-state index contributed by atoms with van der Waals surface area (Å²) in [4.78, 5) is 24.4. The molecule has 0 unspecified atom stereocenters. The highest BCUT2D eigenvalue weighted by molar-refractivity contribution is 5.75. The summed E-state index contributed by atoms with van der Waals surface area (Å²) in [6.07, 6.45) is -2.47. The summed E-state index contributed by atoms with van der Waals surface area (Å²) >= 11 is 0. The minimum atomic E-state index is -1.37. The first-order chi connectivity index (χ1) is 31.2. The molecule has 0 spiro atoms. The molecule has 64 heavy (non-hydrogen) atoms. The molecule has 9 nitrogen and oxygen atoms in total. The predicted molar refractivity (Wildman–Crippen MR) is 240 cm³/mol. The number of benzene rings is 7. The molecular weight excluding hydrogens is 810 g/mol. The van der Waals surface area contributed by atoms with Crippen LogP contribution in [0.5, 0.6) is 0 Å². The van der Waals surface area contributed by atoms with Gasteiger partial charge in [-0.05, 0) is 57.1 Å². The lowest BCUT2D eigenvalue weighted by Gasteiger charge is -2.36. The van der Waals surface area contributed by atoms with Crippen molar-refractivity contribution in [1.29, 1.82) is 5.26 Å². The molecule has 0 fully saturated rings. The number of carbonyl (C=O) groups excluding carboxylic acids is 2. The van der Waals surface area contributed by atoms with Gasteiger partial charge in [0.25, 0.3) is 0 Å². The maximum absolute atomic E-state index is 13.9. The van der Waals surface area contributed by atoms with E-state index in [2.05, 4.69) is 4.74 Å². The predicted octanol–water partition coefficient (Wildman–Crippen LogP) is 9.29. The molecule has 7 rings (SSSR count). The van der Waals surface area contributed by atoms with Gasteiger partial charge in [0.1, 0.15) is 17.0 Å². The Morgan fingerprint density at radius 1 is 0.547 bits per heavy atom. The highest BCUT2D eigenvalue weighted by atomic mass is 19.1. The molecule has 0 radical (unpaired) electrons. The highest BCUT2D eigenvalue weighted by Gasteiger charge is 2.40. The van der Waals surface area contributed by atoms with E-state index in [4.69, 9.17) is 24.2 Å². The lowest BCUT2D eigenvalue weighted by atomic mass is 9.80. The maximum atomic E-state index is 13.9. The van der Waals surface area contributed by atoms with Gasteiger partial charge in [-0.2, -0.15) is 5.26 Å². The summed E-state index contributed by atoms with van der Waals surface area (Å²) in [5.74, 6) is -1.90. The van der Waals surface area contributed by atoms with Crippen LogP contribution in [0.15, 0.2) is 200 Å². The number of hydrogen-bond acceptors (Lipinski definition) is 9. The van der Waals surface area contributed by atoms with Gasteiger partial charge >= 0.3 is 11.9 Å². The Bertz CT molecular complexity index is 2360. The zero-order valence-electron chi connectivity index (χ0n) is 35.5. The molecule has 0 saturated heterocycles. The number of carbonyl (C=O) groups is 2. The summed E-state index contributed by atoms with van der Waals surface area (Å²) in [5, 5.41) is 19.3. The fourth-order valence-electron chi connectivity index (χ4n) is 7.46. The summed E-state index contributed by atoms with van der Waals surface area (Å²) in [5.41, 5.74) is 3.90. The second-order valence-corrected chi connectivity index (χ2v) is 14.5. The number of esters is 2. The van der Waals surface area contributed by atoms with E-state index < -0.39 is 41.2 Å². The molecule has 0 aliphatic carbocycles. The molecule has 2 atom stereocenters. The first-order valence-corrected chi connectivity index (χ1v) is 20.5. The summed E-state index contributed by atoms with van der Waals surface area (Å²) in [6.45, 7) is -0.457. The second kappa shape index (κ2) is 22.7. The van der Waals surface area contributed by atoms with E-state index >= 15 is 0 Å². The first kappa shape index (κ1) is 46.2. The molecule has 10 heteroatoms. The van der Waals surface area contributed by atoms with Gasteiger partial charge in [0.05, 0.1) is 45.7 Å². The number of aliphatic hydroxyl groups excluding tert-OH is 1. The number of nitriles is 1. The van der Waals surface area contributed by atoms with Gasteiger partial charge < -0.3 is 28.8 Å². The third-order valence-electron chi connectivity index (χ3n) is 10.5. The quantitative estimate of drug-likeness (QED) is 0.0705. The maximum Gasteiger partial charge on any atom is 0.337 e. The third kappa shape index (κ3) is 11.0. The van der Waals surface area contributed by atoms with Crippen LogP contribution in [0.25, 0.3) is 0 Å². The molecular formula is C54H48FNO8. The molecule has 0 amide bonds. The van der Waals surface area contributed by atoms with Crippen molar-refractivity contribution in [2.45, 2.75) is 30.0 Å². The number of aliphatic hydroxyl groups is 1. The van der Waals surface area contributed by atoms with E-state index in [0.29, 0.717) is 5.56 Å². The number of nitrogens with zero attached hydrogens (tertiary/aromatic N) is 1. The molecule has 0 aliphatic heterocycles. The Hall–Kier alpha value is -7.26. The molecule has 0 heterocycles. The largest absolute Gasteiger partial charge is 0.467 e. The number of hydrogen-bond donors (Lipinski definition) is 1. The molecule has 0 saturated carbocycles. The van der Waals surface area contributed by atoms with Gasteiger partial charge in [0.15, 0.2) is 12.2 Å². The van der Waals surface area contributed by atoms with Crippen molar-refractivity contribution in [1.82, 2.24) is 0 Å². The van der Waals surface area contributed by atoms with Crippen LogP contribution in [0.2, 0.25) is 0 Å². The van der Waals surface area contributed by atoms with Crippen LogP contribution < -0.4 is 0 Å². The Morgan fingerprint density at radius 3 is 1.22 bits per heavy atom. The highest BCUT2D eigenvalue weighted by Crippen LogP contribution is 2.42. The first-order valence-electron chi connectivity index (χ1n) is 20.5. The third-order valence-corrected chi connectivity index (χ3v) is 10.5. The van der Waals surface area contributed by atoms with E-state index in [-0.39, 0.29) is 25.4 Å². The Kier molecular flexibility index (Phi) is 16.4. The van der Waals surface area contributed by atoms with Gasteiger partial charge in [-0.1, -0.05) is 182 Å². The molecule has 324 valence electrons. The van der Waals surface area contributed by atoms with Gasteiger partial charge in [0, 0.05) is 0 Å². The van der Waals surface area contributed by atoms with Gasteiger partial charge in [0.2, 0.25) is 0 Å². The van der Waals surface area contributed by atoms with E-state index in [1.165, 1.54) is 26.4 Å². The normalized spacial score (nSPS) is 12.1.